The van der Waals surface area contributed by atoms with E-state index in [0.717, 1.165) is 0 Å². The van der Waals surface area contributed by atoms with E-state index in [1.165, 1.54) is 19.1 Å². The van der Waals surface area contributed by atoms with Gasteiger partial charge in [-0.05, 0) is 19.1 Å². The van der Waals surface area contributed by atoms with Gasteiger partial charge in [-0.2, -0.15) is 0 Å². The molecule has 1 rings (SSSR count). The molecule has 0 bridgehead atoms. The zero-order valence-electron chi connectivity index (χ0n) is 9.87. The SMILES string of the molecule is CNC(=O)CCOc1ccc([C@H](C)O)c(F)c1. The van der Waals surface area contributed by atoms with Gasteiger partial charge in [0.25, 0.3) is 0 Å². The fourth-order valence-electron chi connectivity index (χ4n) is 1.32. The van der Waals surface area contributed by atoms with Crippen LogP contribution in [0.1, 0.15) is 25.0 Å². The molecule has 0 aliphatic heterocycles. The molecular weight excluding hydrogens is 225 g/mol. The van der Waals surface area contributed by atoms with Crippen molar-refractivity contribution >= 4 is 5.91 Å². The zero-order chi connectivity index (χ0) is 12.8. The largest absolute Gasteiger partial charge is 0.493 e. The highest BCUT2D eigenvalue weighted by molar-refractivity contribution is 5.75. The minimum Gasteiger partial charge on any atom is -0.493 e. The summed E-state index contributed by atoms with van der Waals surface area (Å²) in [5, 5.41) is 11.7. The second-order valence-corrected chi connectivity index (χ2v) is 3.63. The van der Waals surface area contributed by atoms with Crippen molar-refractivity contribution in [1.29, 1.82) is 0 Å². The Bertz CT molecular complexity index is 393. The number of carbonyl (C=O) groups excluding carboxylic acids is 1. The molecule has 5 heteroatoms. The predicted octanol–water partition coefficient (Wildman–Crippen LogP) is 1.39. The van der Waals surface area contributed by atoms with Crippen LogP contribution in [-0.4, -0.2) is 24.7 Å². The Hall–Kier alpha value is -1.62. The summed E-state index contributed by atoms with van der Waals surface area (Å²) in [6.07, 6.45) is -0.633. The molecule has 94 valence electrons. The van der Waals surface area contributed by atoms with Crippen LogP contribution >= 0.6 is 0 Å². The average Bonchev–Trinajstić information content (AvgIpc) is 2.28. The highest BCUT2D eigenvalue weighted by atomic mass is 19.1. The lowest BCUT2D eigenvalue weighted by molar-refractivity contribution is -0.121. The normalized spacial score (nSPS) is 12.0. The van der Waals surface area contributed by atoms with Crippen LogP contribution in [0, 0.1) is 5.82 Å². The third-order valence-corrected chi connectivity index (χ3v) is 2.30. The van der Waals surface area contributed by atoms with E-state index in [4.69, 9.17) is 4.74 Å². The maximum Gasteiger partial charge on any atom is 0.223 e. The Labute approximate surface area is 99.4 Å². The fraction of sp³-hybridized carbons (Fsp3) is 0.417. The third-order valence-electron chi connectivity index (χ3n) is 2.30. The van der Waals surface area contributed by atoms with Crippen molar-refractivity contribution in [2.45, 2.75) is 19.4 Å². The molecule has 17 heavy (non-hydrogen) atoms. The Morgan fingerprint density at radius 1 is 1.59 bits per heavy atom. The van der Waals surface area contributed by atoms with E-state index >= 15 is 0 Å². The maximum absolute atomic E-state index is 13.4. The van der Waals surface area contributed by atoms with Crippen molar-refractivity contribution in [3.05, 3.63) is 29.6 Å². The summed E-state index contributed by atoms with van der Waals surface area (Å²) in [5.74, 6) is -0.306. The first-order valence-corrected chi connectivity index (χ1v) is 5.35. The molecule has 0 spiro atoms. The van der Waals surface area contributed by atoms with Crippen molar-refractivity contribution in [3.63, 3.8) is 0 Å². The number of amides is 1. The summed E-state index contributed by atoms with van der Waals surface area (Å²) < 4.78 is 18.6. The smallest absolute Gasteiger partial charge is 0.223 e. The lowest BCUT2D eigenvalue weighted by atomic mass is 10.1. The van der Waals surface area contributed by atoms with E-state index in [1.807, 2.05) is 0 Å². The van der Waals surface area contributed by atoms with Crippen LogP contribution in [0.3, 0.4) is 0 Å². The molecule has 0 aromatic heterocycles. The van der Waals surface area contributed by atoms with Gasteiger partial charge in [0.2, 0.25) is 5.91 Å². The van der Waals surface area contributed by atoms with Crippen LogP contribution in [0.5, 0.6) is 5.75 Å². The Morgan fingerprint density at radius 2 is 2.29 bits per heavy atom. The van der Waals surface area contributed by atoms with E-state index in [2.05, 4.69) is 5.32 Å². The molecule has 0 fully saturated rings. The van der Waals surface area contributed by atoms with Gasteiger partial charge >= 0.3 is 0 Å². The van der Waals surface area contributed by atoms with Crippen LogP contribution in [0.15, 0.2) is 18.2 Å². The number of aliphatic hydroxyl groups excluding tert-OH is 1. The van der Waals surface area contributed by atoms with Crippen LogP contribution in [0.4, 0.5) is 4.39 Å². The molecule has 0 heterocycles. The molecule has 0 saturated carbocycles. The van der Waals surface area contributed by atoms with Gasteiger partial charge in [0.15, 0.2) is 0 Å². The minimum atomic E-state index is -0.852. The lowest BCUT2D eigenvalue weighted by Gasteiger charge is -2.09. The fourth-order valence-corrected chi connectivity index (χ4v) is 1.32. The van der Waals surface area contributed by atoms with E-state index in [-0.39, 0.29) is 24.5 Å². The number of halogens is 1. The third kappa shape index (κ3) is 4.03. The first-order valence-electron chi connectivity index (χ1n) is 5.35. The zero-order valence-corrected chi connectivity index (χ0v) is 9.87. The van der Waals surface area contributed by atoms with Crippen molar-refractivity contribution in [2.24, 2.45) is 0 Å². The van der Waals surface area contributed by atoms with Gasteiger partial charge in [-0.15, -0.1) is 0 Å². The monoisotopic (exact) mass is 241 g/mol. The number of hydrogen-bond donors (Lipinski definition) is 2. The van der Waals surface area contributed by atoms with Gasteiger partial charge in [-0.3, -0.25) is 4.79 Å². The number of nitrogens with one attached hydrogen (secondary N) is 1. The predicted molar refractivity (Wildman–Crippen MR) is 61.2 cm³/mol. The Kier molecular flexibility index (Phi) is 4.90. The number of rotatable bonds is 5. The Balaban J connectivity index is 2.56. The molecule has 0 aliphatic rings. The first-order chi connectivity index (χ1) is 8.04. The average molecular weight is 241 g/mol. The molecule has 0 saturated heterocycles. The summed E-state index contributed by atoms with van der Waals surface area (Å²) >= 11 is 0. The molecule has 4 nitrogen and oxygen atoms in total. The molecule has 0 unspecified atom stereocenters. The van der Waals surface area contributed by atoms with Gasteiger partial charge in [-0.1, -0.05) is 0 Å². The molecule has 1 atom stereocenters. The number of carbonyl (C=O) groups is 1. The van der Waals surface area contributed by atoms with Crippen LogP contribution < -0.4 is 10.1 Å². The number of benzene rings is 1. The van der Waals surface area contributed by atoms with Crippen molar-refractivity contribution in [2.75, 3.05) is 13.7 Å². The summed E-state index contributed by atoms with van der Waals surface area (Å²) in [6.45, 7) is 1.68. The molecule has 1 aromatic rings. The van der Waals surface area contributed by atoms with Gasteiger partial charge < -0.3 is 15.2 Å². The second-order valence-electron chi connectivity index (χ2n) is 3.63. The summed E-state index contributed by atoms with van der Waals surface area (Å²) in [7, 11) is 1.54. The quantitative estimate of drug-likeness (QED) is 0.819. The molecule has 2 N–H and O–H groups in total. The highest BCUT2D eigenvalue weighted by Crippen LogP contribution is 2.21. The van der Waals surface area contributed by atoms with Crippen LogP contribution in [-0.2, 0) is 4.79 Å². The lowest BCUT2D eigenvalue weighted by Crippen LogP contribution is -2.20. The molecule has 1 amide bonds. The Morgan fingerprint density at radius 3 is 2.82 bits per heavy atom. The molecule has 0 aliphatic carbocycles. The van der Waals surface area contributed by atoms with E-state index in [0.29, 0.717) is 5.75 Å². The standard InChI is InChI=1S/C12H16FNO3/c1-8(15)10-4-3-9(7-11(10)13)17-6-5-12(16)14-2/h3-4,7-8,15H,5-6H2,1-2H3,(H,14,16)/t8-/m0/s1. The molecule has 1 aromatic carbocycles. The van der Waals surface area contributed by atoms with Gasteiger partial charge in [0.1, 0.15) is 11.6 Å². The van der Waals surface area contributed by atoms with Crippen LogP contribution in [0.25, 0.3) is 0 Å². The van der Waals surface area contributed by atoms with Gasteiger partial charge in [0.05, 0.1) is 19.1 Å². The minimum absolute atomic E-state index is 0.133. The van der Waals surface area contributed by atoms with E-state index < -0.39 is 11.9 Å². The topological polar surface area (TPSA) is 58.6 Å². The molecular formula is C12H16FNO3. The number of ether oxygens (including phenoxy) is 1. The maximum atomic E-state index is 13.4. The summed E-state index contributed by atoms with van der Waals surface area (Å²) in [5.41, 5.74) is 0.226. The molecule has 0 radical (unpaired) electrons. The summed E-state index contributed by atoms with van der Waals surface area (Å²) in [6, 6.07) is 4.23. The number of aliphatic hydroxyl groups is 1. The van der Waals surface area contributed by atoms with Gasteiger partial charge in [-0.25, -0.2) is 4.39 Å². The highest BCUT2D eigenvalue weighted by Gasteiger charge is 2.09. The van der Waals surface area contributed by atoms with Crippen LogP contribution in [0.2, 0.25) is 0 Å². The van der Waals surface area contributed by atoms with Crippen molar-refractivity contribution in [3.8, 4) is 5.75 Å². The summed E-state index contributed by atoms with van der Waals surface area (Å²) in [4.78, 5) is 10.9. The second kappa shape index (κ2) is 6.20. The van der Waals surface area contributed by atoms with Crippen molar-refractivity contribution in [1.82, 2.24) is 5.32 Å². The van der Waals surface area contributed by atoms with Crippen molar-refractivity contribution < 1.29 is 19.0 Å². The van der Waals surface area contributed by atoms with E-state index in [1.54, 1.807) is 13.1 Å². The van der Waals surface area contributed by atoms with E-state index in [9.17, 15) is 14.3 Å². The first kappa shape index (κ1) is 13.4. The number of hydrogen-bond acceptors (Lipinski definition) is 3. The van der Waals surface area contributed by atoms with Gasteiger partial charge in [0, 0.05) is 18.7 Å².